The number of aliphatic hydroxyl groups excluding tert-OH is 2. The standard InChI is InChI=1S/C10H13BrN6O6S/c11-10-15-7(12)4-8(16-10)17(2-14-4)9-6(19)5(18)3(23-9)1-22-24(13,20)21/h2-3,5-6,9,18-19H,1H2,(H2,12,15,16)(H2,13,20,21). The number of aliphatic hydroxyl groups is 2. The zero-order chi connectivity index (χ0) is 17.6. The van der Waals surface area contributed by atoms with Crippen LogP contribution in [0.25, 0.3) is 11.2 Å². The number of fused-ring (bicyclic) bond motifs is 1. The van der Waals surface area contributed by atoms with Crippen LogP contribution in [0.1, 0.15) is 6.23 Å². The summed E-state index contributed by atoms with van der Waals surface area (Å²) in [5, 5.41) is 24.9. The Morgan fingerprint density at radius 3 is 2.75 bits per heavy atom. The Bertz CT molecular complexity index is 874. The Kier molecular flexibility index (Phi) is 4.45. The van der Waals surface area contributed by atoms with Crippen molar-refractivity contribution in [3.63, 3.8) is 0 Å². The molecular formula is C10H13BrN6O6S. The molecule has 1 aliphatic heterocycles. The largest absolute Gasteiger partial charge is 0.387 e. The third-order valence-corrected chi connectivity index (χ3v) is 4.25. The number of ether oxygens (including phenoxy) is 1. The van der Waals surface area contributed by atoms with Gasteiger partial charge in [-0.05, 0) is 15.9 Å². The lowest BCUT2D eigenvalue weighted by Gasteiger charge is -2.16. The molecule has 1 aliphatic rings. The van der Waals surface area contributed by atoms with Gasteiger partial charge in [0.1, 0.15) is 23.8 Å². The molecule has 24 heavy (non-hydrogen) atoms. The molecular weight excluding hydrogens is 412 g/mol. The predicted molar refractivity (Wildman–Crippen MR) is 82.4 cm³/mol. The second-order valence-electron chi connectivity index (χ2n) is 5.03. The van der Waals surface area contributed by atoms with Gasteiger partial charge in [0, 0.05) is 0 Å². The van der Waals surface area contributed by atoms with Gasteiger partial charge in [-0.1, -0.05) is 0 Å². The van der Waals surface area contributed by atoms with Crippen molar-refractivity contribution in [2.75, 3.05) is 12.3 Å². The maximum atomic E-state index is 10.8. The quantitative estimate of drug-likeness (QED) is 0.399. The number of nitrogens with two attached hydrogens (primary N) is 2. The summed E-state index contributed by atoms with van der Waals surface area (Å²) in [4.78, 5) is 12.1. The highest BCUT2D eigenvalue weighted by atomic mass is 79.9. The number of aromatic nitrogens is 4. The molecule has 0 aromatic carbocycles. The molecule has 3 rings (SSSR count). The summed E-state index contributed by atoms with van der Waals surface area (Å²) in [6.45, 7) is -0.555. The van der Waals surface area contributed by atoms with Crippen LogP contribution in [0.15, 0.2) is 11.1 Å². The number of nitrogens with zero attached hydrogens (tertiary/aromatic N) is 4. The molecule has 4 unspecified atom stereocenters. The van der Waals surface area contributed by atoms with Crippen LogP contribution in [-0.2, 0) is 19.2 Å². The Balaban J connectivity index is 1.90. The van der Waals surface area contributed by atoms with E-state index in [1.165, 1.54) is 10.9 Å². The normalized spacial score (nSPS) is 27.8. The van der Waals surface area contributed by atoms with E-state index in [1.54, 1.807) is 0 Å². The second-order valence-corrected chi connectivity index (χ2v) is 6.96. The smallest absolute Gasteiger partial charge is 0.333 e. The van der Waals surface area contributed by atoms with E-state index in [1.807, 2.05) is 0 Å². The molecule has 2 aromatic heterocycles. The fraction of sp³-hybridized carbons (Fsp3) is 0.500. The molecule has 0 radical (unpaired) electrons. The van der Waals surface area contributed by atoms with Crippen molar-refractivity contribution in [1.29, 1.82) is 0 Å². The maximum absolute atomic E-state index is 10.8. The van der Waals surface area contributed by atoms with Crippen molar-refractivity contribution < 1.29 is 27.6 Å². The molecule has 132 valence electrons. The van der Waals surface area contributed by atoms with Gasteiger partial charge in [0.2, 0.25) is 4.73 Å². The van der Waals surface area contributed by atoms with Crippen LogP contribution in [0.3, 0.4) is 0 Å². The second kappa shape index (κ2) is 6.14. The van der Waals surface area contributed by atoms with Crippen LogP contribution in [0.2, 0.25) is 0 Å². The lowest BCUT2D eigenvalue weighted by atomic mass is 10.1. The monoisotopic (exact) mass is 424 g/mol. The van der Waals surface area contributed by atoms with E-state index in [-0.39, 0.29) is 21.7 Å². The van der Waals surface area contributed by atoms with Crippen LogP contribution in [0, 0.1) is 0 Å². The van der Waals surface area contributed by atoms with Gasteiger partial charge in [0.25, 0.3) is 0 Å². The number of anilines is 1. The van der Waals surface area contributed by atoms with Gasteiger partial charge in [-0.15, -0.1) is 0 Å². The van der Waals surface area contributed by atoms with Gasteiger partial charge in [-0.2, -0.15) is 8.42 Å². The van der Waals surface area contributed by atoms with E-state index in [0.29, 0.717) is 0 Å². The highest BCUT2D eigenvalue weighted by Crippen LogP contribution is 2.32. The van der Waals surface area contributed by atoms with Crippen molar-refractivity contribution in [2.45, 2.75) is 24.5 Å². The molecule has 2 aromatic rings. The fourth-order valence-corrected chi connectivity index (χ4v) is 3.04. The number of rotatable bonds is 4. The van der Waals surface area contributed by atoms with Gasteiger partial charge in [-0.3, -0.25) is 8.75 Å². The van der Waals surface area contributed by atoms with Crippen LogP contribution < -0.4 is 10.9 Å². The molecule has 12 nitrogen and oxygen atoms in total. The van der Waals surface area contributed by atoms with Crippen molar-refractivity contribution in [1.82, 2.24) is 19.5 Å². The third kappa shape index (κ3) is 3.21. The van der Waals surface area contributed by atoms with Gasteiger partial charge >= 0.3 is 10.3 Å². The molecule has 4 atom stereocenters. The van der Waals surface area contributed by atoms with Crippen LogP contribution >= 0.6 is 15.9 Å². The first-order valence-corrected chi connectivity index (χ1v) is 8.78. The summed E-state index contributed by atoms with van der Waals surface area (Å²) in [6, 6.07) is 0. The number of nitrogen functional groups attached to an aromatic ring is 1. The van der Waals surface area contributed by atoms with Gasteiger partial charge in [-0.25, -0.2) is 20.1 Å². The first kappa shape index (κ1) is 17.4. The molecule has 1 saturated heterocycles. The molecule has 0 bridgehead atoms. The van der Waals surface area contributed by atoms with Gasteiger partial charge in [0.15, 0.2) is 17.7 Å². The average Bonchev–Trinajstić information content (AvgIpc) is 3.00. The lowest BCUT2D eigenvalue weighted by Crippen LogP contribution is -2.35. The molecule has 14 heteroatoms. The molecule has 0 aliphatic carbocycles. The van der Waals surface area contributed by atoms with E-state index in [2.05, 4.69) is 35.1 Å². The number of halogens is 1. The Labute approximate surface area is 143 Å². The summed E-state index contributed by atoms with van der Waals surface area (Å²) in [7, 11) is -4.20. The van der Waals surface area contributed by atoms with Crippen LogP contribution in [0.5, 0.6) is 0 Å². The van der Waals surface area contributed by atoms with Crippen molar-refractivity contribution in [3.05, 3.63) is 11.1 Å². The zero-order valence-corrected chi connectivity index (χ0v) is 14.3. The lowest BCUT2D eigenvalue weighted by molar-refractivity contribution is -0.0467. The highest BCUT2D eigenvalue weighted by molar-refractivity contribution is 9.10. The minimum Gasteiger partial charge on any atom is -0.387 e. The Hall–Kier alpha value is -1.42. The fourth-order valence-electron chi connectivity index (χ4n) is 2.36. The summed E-state index contributed by atoms with van der Waals surface area (Å²) in [5.74, 6) is 0.118. The van der Waals surface area contributed by atoms with E-state index >= 15 is 0 Å². The topological polar surface area (TPSA) is 189 Å². The van der Waals surface area contributed by atoms with Gasteiger partial charge in [0.05, 0.1) is 12.9 Å². The first-order chi connectivity index (χ1) is 11.2. The highest BCUT2D eigenvalue weighted by Gasteiger charge is 2.45. The zero-order valence-electron chi connectivity index (χ0n) is 11.9. The summed E-state index contributed by atoms with van der Waals surface area (Å²) in [5.41, 5.74) is 6.29. The minimum atomic E-state index is -4.20. The SMILES string of the molecule is Nc1nc(Br)nc2c1ncn2C1OC(COS(N)(=O)=O)C(O)C1O. The maximum Gasteiger partial charge on any atom is 0.333 e. The minimum absolute atomic E-state index is 0.118. The van der Waals surface area contributed by atoms with E-state index in [9.17, 15) is 18.6 Å². The summed E-state index contributed by atoms with van der Waals surface area (Å²) >= 11 is 3.10. The van der Waals surface area contributed by atoms with Crippen molar-refractivity contribution in [2.24, 2.45) is 5.14 Å². The van der Waals surface area contributed by atoms with Crippen LogP contribution in [-0.4, -0.2) is 63.1 Å². The van der Waals surface area contributed by atoms with E-state index in [0.717, 1.165) is 0 Å². The van der Waals surface area contributed by atoms with E-state index in [4.69, 9.17) is 15.6 Å². The molecule has 6 N–H and O–H groups in total. The molecule has 0 saturated carbocycles. The van der Waals surface area contributed by atoms with Gasteiger partial charge < -0.3 is 20.7 Å². The molecule has 1 fully saturated rings. The number of hydrogen-bond donors (Lipinski definition) is 4. The van der Waals surface area contributed by atoms with E-state index < -0.39 is 41.5 Å². The van der Waals surface area contributed by atoms with Crippen LogP contribution in [0.4, 0.5) is 5.82 Å². The molecule has 0 spiro atoms. The first-order valence-electron chi connectivity index (χ1n) is 6.51. The summed E-state index contributed by atoms with van der Waals surface area (Å²) < 4.78 is 33.1. The summed E-state index contributed by atoms with van der Waals surface area (Å²) in [6.07, 6.45) is -3.68. The third-order valence-electron chi connectivity index (χ3n) is 3.43. The predicted octanol–water partition coefficient (Wildman–Crippen LogP) is -1.99. The number of hydrogen-bond acceptors (Lipinski definition) is 10. The van der Waals surface area contributed by atoms with Crippen molar-refractivity contribution >= 4 is 43.2 Å². The van der Waals surface area contributed by atoms with Crippen molar-refractivity contribution in [3.8, 4) is 0 Å². The Morgan fingerprint density at radius 1 is 1.38 bits per heavy atom. The number of imidazole rings is 1. The molecule has 0 amide bonds. The molecule has 3 heterocycles. The Morgan fingerprint density at radius 2 is 2.08 bits per heavy atom. The average molecular weight is 425 g/mol.